The molecule has 1 aliphatic heterocycles. The lowest BCUT2D eigenvalue weighted by Crippen LogP contribution is -2.53. The van der Waals surface area contributed by atoms with Crippen LogP contribution in [0.15, 0.2) is 28.0 Å². The molecular weight excluding hydrogens is 599 g/mol. The SMILES string of the molecule is CSc1c(F)c(F)c(N2CCN(c3nc(=O)n(-c4c(C)ccnc4C(C)C)c4nc(Cl)c(F)cc34)[C@@H](C)C2)c(F)c1F. The fraction of sp³-hybridized carbons (Fsp3) is 0.357. The first-order valence-electron chi connectivity index (χ1n) is 13.0. The van der Waals surface area contributed by atoms with Crippen LogP contribution in [0.3, 0.4) is 0 Å². The van der Waals surface area contributed by atoms with Gasteiger partial charge in [-0.1, -0.05) is 25.4 Å². The van der Waals surface area contributed by atoms with Crippen molar-refractivity contribution in [2.24, 2.45) is 0 Å². The van der Waals surface area contributed by atoms with Crippen LogP contribution < -0.4 is 15.5 Å². The zero-order valence-electron chi connectivity index (χ0n) is 23.3. The summed E-state index contributed by atoms with van der Waals surface area (Å²) in [6.45, 7) is 7.19. The molecule has 0 saturated carbocycles. The van der Waals surface area contributed by atoms with Crippen LogP contribution >= 0.6 is 23.4 Å². The van der Waals surface area contributed by atoms with Gasteiger partial charge in [0.2, 0.25) is 0 Å². The number of fused-ring (bicyclic) bond motifs is 1. The molecule has 0 radical (unpaired) electrons. The number of benzene rings is 1. The molecule has 0 aliphatic carbocycles. The number of aromatic nitrogens is 4. The molecular formula is C28H26ClF5N6OS. The molecule has 0 unspecified atom stereocenters. The van der Waals surface area contributed by atoms with Gasteiger partial charge in [0, 0.05) is 31.9 Å². The van der Waals surface area contributed by atoms with Crippen molar-refractivity contribution in [1.82, 2.24) is 19.5 Å². The molecule has 222 valence electrons. The first-order valence-corrected chi connectivity index (χ1v) is 14.6. The quantitative estimate of drug-likeness (QED) is 0.110. The van der Waals surface area contributed by atoms with Gasteiger partial charge in [-0.3, -0.25) is 4.98 Å². The summed E-state index contributed by atoms with van der Waals surface area (Å²) >= 11 is 6.65. The number of pyridine rings is 2. The maximum absolute atomic E-state index is 14.9. The summed E-state index contributed by atoms with van der Waals surface area (Å²) < 4.78 is 75.0. The molecule has 1 aliphatic rings. The minimum Gasteiger partial charge on any atom is -0.363 e. The molecule has 14 heteroatoms. The van der Waals surface area contributed by atoms with Gasteiger partial charge in [0.1, 0.15) is 11.5 Å². The molecule has 0 amide bonds. The second-order valence-electron chi connectivity index (χ2n) is 10.3. The van der Waals surface area contributed by atoms with E-state index in [0.29, 0.717) is 28.7 Å². The van der Waals surface area contributed by atoms with Gasteiger partial charge in [0.05, 0.1) is 21.7 Å². The third kappa shape index (κ3) is 4.85. The normalized spacial score (nSPS) is 15.8. The number of aryl methyl sites for hydroxylation is 1. The number of thioether (sulfide) groups is 1. The Kier molecular flexibility index (Phi) is 8.10. The number of piperazine rings is 1. The summed E-state index contributed by atoms with van der Waals surface area (Å²) in [5.74, 6) is -6.73. The molecule has 3 aromatic heterocycles. The van der Waals surface area contributed by atoms with Crippen LogP contribution in [0.2, 0.25) is 5.15 Å². The minimum absolute atomic E-state index is 0.0343. The van der Waals surface area contributed by atoms with E-state index in [4.69, 9.17) is 11.6 Å². The second-order valence-corrected chi connectivity index (χ2v) is 11.5. The highest BCUT2D eigenvalue weighted by Gasteiger charge is 2.34. The van der Waals surface area contributed by atoms with E-state index >= 15 is 0 Å². The van der Waals surface area contributed by atoms with Crippen LogP contribution in [0.1, 0.15) is 37.9 Å². The average molecular weight is 625 g/mol. The molecule has 1 atom stereocenters. The minimum atomic E-state index is -1.49. The molecule has 1 saturated heterocycles. The summed E-state index contributed by atoms with van der Waals surface area (Å²) in [5, 5.41) is -0.268. The lowest BCUT2D eigenvalue weighted by atomic mass is 10.0. The molecule has 1 aromatic carbocycles. The van der Waals surface area contributed by atoms with Crippen molar-refractivity contribution in [1.29, 1.82) is 0 Å². The molecule has 5 rings (SSSR count). The fourth-order valence-corrected chi connectivity index (χ4v) is 5.99. The summed E-state index contributed by atoms with van der Waals surface area (Å²) in [6.07, 6.45) is 2.94. The van der Waals surface area contributed by atoms with Crippen LogP contribution in [0.5, 0.6) is 0 Å². The van der Waals surface area contributed by atoms with E-state index < -0.39 is 56.6 Å². The lowest BCUT2D eigenvalue weighted by molar-refractivity contribution is 0.419. The molecule has 0 bridgehead atoms. The van der Waals surface area contributed by atoms with Crippen molar-refractivity contribution < 1.29 is 22.0 Å². The summed E-state index contributed by atoms with van der Waals surface area (Å²) in [4.78, 5) is 28.8. The van der Waals surface area contributed by atoms with Crippen LogP contribution in [-0.4, -0.2) is 51.5 Å². The highest BCUT2D eigenvalue weighted by Crippen LogP contribution is 2.37. The Morgan fingerprint density at radius 1 is 1.02 bits per heavy atom. The Labute approximate surface area is 247 Å². The Hall–Kier alpha value is -3.45. The van der Waals surface area contributed by atoms with E-state index in [-0.39, 0.29) is 42.4 Å². The van der Waals surface area contributed by atoms with Gasteiger partial charge in [-0.25, -0.2) is 36.3 Å². The Bertz CT molecular complexity index is 1760. The Balaban J connectivity index is 1.63. The van der Waals surface area contributed by atoms with Gasteiger partial charge in [0.25, 0.3) is 0 Å². The third-order valence-electron chi connectivity index (χ3n) is 7.30. The molecule has 4 heterocycles. The van der Waals surface area contributed by atoms with Crippen LogP contribution in [0, 0.1) is 36.0 Å². The van der Waals surface area contributed by atoms with Crippen molar-refractivity contribution in [3.05, 3.63) is 74.3 Å². The predicted octanol–water partition coefficient (Wildman–Crippen LogP) is 6.39. The number of nitrogens with zero attached hydrogens (tertiary/aromatic N) is 6. The van der Waals surface area contributed by atoms with E-state index in [9.17, 15) is 26.7 Å². The first kappa shape index (κ1) is 30.0. The molecule has 1 fully saturated rings. The van der Waals surface area contributed by atoms with Gasteiger partial charge < -0.3 is 9.80 Å². The van der Waals surface area contributed by atoms with Gasteiger partial charge in [-0.05, 0) is 43.7 Å². The van der Waals surface area contributed by atoms with E-state index in [0.717, 1.165) is 6.07 Å². The van der Waals surface area contributed by atoms with Crippen LogP contribution in [0.25, 0.3) is 16.7 Å². The van der Waals surface area contributed by atoms with Gasteiger partial charge >= 0.3 is 5.69 Å². The van der Waals surface area contributed by atoms with Crippen molar-refractivity contribution in [2.45, 2.75) is 44.6 Å². The monoisotopic (exact) mass is 624 g/mol. The topological polar surface area (TPSA) is 67.2 Å². The summed E-state index contributed by atoms with van der Waals surface area (Å²) in [5.41, 5.74) is 0.306. The van der Waals surface area contributed by atoms with E-state index in [1.807, 2.05) is 13.8 Å². The smallest absolute Gasteiger partial charge is 0.355 e. The Morgan fingerprint density at radius 2 is 1.69 bits per heavy atom. The summed E-state index contributed by atoms with van der Waals surface area (Å²) in [7, 11) is 0. The fourth-order valence-electron chi connectivity index (χ4n) is 5.32. The second kappa shape index (κ2) is 11.3. The zero-order chi connectivity index (χ0) is 30.6. The first-order chi connectivity index (χ1) is 19.9. The maximum atomic E-state index is 14.9. The van der Waals surface area contributed by atoms with Gasteiger partial charge in [0.15, 0.2) is 39.9 Å². The van der Waals surface area contributed by atoms with Crippen molar-refractivity contribution in [3.63, 3.8) is 0 Å². The molecule has 4 aromatic rings. The maximum Gasteiger partial charge on any atom is 0.355 e. The molecule has 7 nitrogen and oxygen atoms in total. The lowest BCUT2D eigenvalue weighted by Gasteiger charge is -2.42. The molecule has 0 spiro atoms. The van der Waals surface area contributed by atoms with E-state index in [1.165, 1.54) is 15.7 Å². The largest absolute Gasteiger partial charge is 0.363 e. The van der Waals surface area contributed by atoms with Gasteiger partial charge in [-0.15, -0.1) is 11.8 Å². The molecule has 0 N–H and O–H groups in total. The highest BCUT2D eigenvalue weighted by molar-refractivity contribution is 7.98. The zero-order valence-corrected chi connectivity index (χ0v) is 24.8. The van der Waals surface area contributed by atoms with Gasteiger partial charge in [-0.2, -0.15) is 4.98 Å². The average Bonchev–Trinajstić information content (AvgIpc) is 2.94. The number of anilines is 2. The summed E-state index contributed by atoms with van der Waals surface area (Å²) in [6, 6.07) is 2.28. The highest BCUT2D eigenvalue weighted by atomic mass is 35.5. The van der Waals surface area contributed by atoms with Crippen molar-refractivity contribution in [2.75, 3.05) is 35.7 Å². The van der Waals surface area contributed by atoms with E-state index in [2.05, 4.69) is 15.0 Å². The van der Waals surface area contributed by atoms with Crippen LogP contribution in [-0.2, 0) is 0 Å². The van der Waals surface area contributed by atoms with Crippen molar-refractivity contribution >= 4 is 45.9 Å². The molecule has 42 heavy (non-hydrogen) atoms. The standard InChI is InChI=1S/C28H26ClF5N6OS/c1-12(2)21-22(13(3)6-7-35-21)40-27-15(10-16(30)25(29)36-27)26(37-28(40)41)39-9-8-38(11-14(39)4)23-17(31)19(33)24(42-5)20(34)18(23)32/h6-7,10,12,14H,8-9,11H2,1-5H3/t14-/m0/s1. The number of rotatable bonds is 5. The number of hydrogen-bond donors (Lipinski definition) is 0. The van der Waals surface area contributed by atoms with E-state index in [1.54, 1.807) is 31.0 Å². The number of halogens is 6. The predicted molar refractivity (Wildman–Crippen MR) is 154 cm³/mol. The van der Waals surface area contributed by atoms with Crippen molar-refractivity contribution in [3.8, 4) is 5.69 Å². The van der Waals surface area contributed by atoms with Crippen LogP contribution in [0.4, 0.5) is 33.5 Å². The number of hydrogen-bond acceptors (Lipinski definition) is 7. The third-order valence-corrected chi connectivity index (χ3v) is 8.33. The Morgan fingerprint density at radius 3 is 2.29 bits per heavy atom.